The van der Waals surface area contributed by atoms with E-state index in [0.717, 1.165) is 46.3 Å². The number of phenols is 1. The number of anilines is 1. The zero-order chi connectivity index (χ0) is 15.2. The van der Waals surface area contributed by atoms with Crippen LogP contribution in [-0.2, 0) is 17.6 Å². The molecule has 0 radical (unpaired) electrons. The van der Waals surface area contributed by atoms with Crippen LogP contribution in [0.5, 0.6) is 5.75 Å². The Morgan fingerprint density at radius 1 is 1.40 bits per heavy atom. The Kier molecular flexibility index (Phi) is 3.41. The lowest BCUT2D eigenvalue weighted by Crippen LogP contribution is -2.40. The van der Waals surface area contributed by atoms with Gasteiger partial charge in [0, 0.05) is 11.1 Å². The maximum absolute atomic E-state index is 11.5. The van der Waals surface area contributed by atoms with Gasteiger partial charge in [-0.15, -0.1) is 0 Å². The molecule has 1 aliphatic rings. The van der Waals surface area contributed by atoms with E-state index < -0.39 is 0 Å². The number of hydrogen-bond donors (Lipinski definition) is 1. The van der Waals surface area contributed by atoms with Crippen molar-refractivity contribution in [3.63, 3.8) is 0 Å². The highest BCUT2D eigenvalue weighted by atomic mass is 16.3. The zero-order valence-corrected chi connectivity index (χ0v) is 13.0. The largest absolute Gasteiger partial charge is 0.507 e. The molecule has 0 aliphatic carbocycles. The van der Waals surface area contributed by atoms with Gasteiger partial charge in [-0.25, -0.2) is 0 Å². The van der Waals surface area contributed by atoms with Crippen LogP contribution in [0.2, 0.25) is 0 Å². The highest BCUT2D eigenvalue weighted by Gasteiger charge is 2.39. The molecule has 2 rings (SSSR count). The SMILES string of the molecule is C=C(C)Cc1c(O)c(C)c(C)c2c1CC(C)(C)N2C=O. The second-order valence-corrected chi connectivity index (χ2v) is 6.50. The van der Waals surface area contributed by atoms with Crippen molar-refractivity contribution >= 4 is 12.1 Å². The van der Waals surface area contributed by atoms with Crippen molar-refractivity contribution in [2.75, 3.05) is 4.90 Å². The molecule has 1 aromatic carbocycles. The fraction of sp³-hybridized carbons (Fsp3) is 0.471. The standard InChI is InChI=1S/C17H23NO2/c1-10(2)7-13-14-8-17(5,6)18(9-19)15(14)11(3)12(4)16(13)20/h9,20H,1,7-8H2,2-6H3. The number of aromatic hydroxyl groups is 1. The normalized spacial score (nSPS) is 16.1. The monoisotopic (exact) mass is 273 g/mol. The zero-order valence-electron chi connectivity index (χ0n) is 13.0. The first-order valence-electron chi connectivity index (χ1n) is 6.93. The maximum atomic E-state index is 11.5. The average Bonchev–Trinajstić information content (AvgIpc) is 2.62. The van der Waals surface area contributed by atoms with Crippen molar-refractivity contribution in [3.05, 3.63) is 34.4 Å². The van der Waals surface area contributed by atoms with Crippen LogP contribution in [-0.4, -0.2) is 17.1 Å². The van der Waals surface area contributed by atoms with Crippen LogP contribution in [0.3, 0.4) is 0 Å². The number of phenolic OH excluding ortho intramolecular Hbond substituents is 1. The summed E-state index contributed by atoms with van der Waals surface area (Å²) in [5.74, 6) is 0.354. The summed E-state index contributed by atoms with van der Waals surface area (Å²) in [5.41, 5.74) is 5.58. The molecule has 0 bridgehead atoms. The maximum Gasteiger partial charge on any atom is 0.214 e. The predicted octanol–water partition coefficient (Wildman–Crippen LogP) is 3.43. The van der Waals surface area contributed by atoms with Crippen molar-refractivity contribution < 1.29 is 9.90 Å². The van der Waals surface area contributed by atoms with E-state index in [2.05, 4.69) is 20.4 Å². The molecule has 1 N–H and O–H groups in total. The number of rotatable bonds is 3. The summed E-state index contributed by atoms with van der Waals surface area (Å²) in [5, 5.41) is 10.5. The van der Waals surface area contributed by atoms with E-state index in [4.69, 9.17) is 0 Å². The van der Waals surface area contributed by atoms with Crippen molar-refractivity contribution in [2.24, 2.45) is 0 Å². The van der Waals surface area contributed by atoms with Gasteiger partial charge in [0.05, 0.1) is 5.69 Å². The summed E-state index contributed by atoms with van der Waals surface area (Å²) in [6, 6.07) is 0. The van der Waals surface area contributed by atoms with Gasteiger partial charge >= 0.3 is 0 Å². The number of allylic oxidation sites excluding steroid dienone is 1. The molecule has 0 atom stereocenters. The number of carbonyl (C=O) groups is 1. The molecule has 0 saturated heterocycles. The van der Waals surface area contributed by atoms with E-state index in [1.165, 1.54) is 0 Å². The van der Waals surface area contributed by atoms with Crippen LogP contribution in [0.4, 0.5) is 5.69 Å². The molecular formula is C17H23NO2. The van der Waals surface area contributed by atoms with Gasteiger partial charge in [0.1, 0.15) is 5.75 Å². The number of fused-ring (bicyclic) bond motifs is 1. The van der Waals surface area contributed by atoms with Crippen LogP contribution >= 0.6 is 0 Å². The Morgan fingerprint density at radius 3 is 2.50 bits per heavy atom. The minimum atomic E-state index is -0.251. The van der Waals surface area contributed by atoms with Crippen LogP contribution in [0.15, 0.2) is 12.2 Å². The fourth-order valence-electron chi connectivity index (χ4n) is 3.12. The summed E-state index contributed by atoms with van der Waals surface area (Å²) < 4.78 is 0. The Bertz CT molecular complexity index is 600. The molecule has 0 spiro atoms. The first-order chi connectivity index (χ1) is 9.20. The van der Waals surface area contributed by atoms with Crippen LogP contribution in [0.1, 0.15) is 43.0 Å². The lowest BCUT2D eigenvalue weighted by atomic mass is 9.90. The molecule has 20 heavy (non-hydrogen) atoms. The van der Waals surface area contributed by atoms with Gasteiger partial charge in [-0.1, -0.05) is 12.2 Å². The van der Waals surface area contributed by atoms with Crippen molar-refractivity contribution in [2.45, 2.75) is 53.0 Å². The number of nitrogens with zero attached hydrogens (tertiary/aromatic N) is 1. The first kappa shape index (κ1) is 14.6. The second kappa shape index (κ2) is 4.65. The first-order valence-corrected chi connectivity index (χ1v) is 6.93. The molecule has 0 saturated carbocycles. The molecule has 0 unspecified atom stereocenters. The highest BCUT2D eigenvalue weighted by Crippen LogP contribution is 2.47. The van der Waals surface area contributed by atoms with E-state index in [0.29, 0.717) is 12.2 Å². The van der Waals surface area contributed by atoms with E-state index in [9.17, 15) is 9.90 Å². The Labute approximate surface area is 120 Å². The van der Waals surface area contributed by atoms with Gasteiger partial charge < -0.3 is 10.0 Å². The molecule has 108 valence electrons. The topological polar surface area (TPSA) is 40.5 Å². The third-order valence-corrected chi connectivity index (χ3v) is 4.30. The predicted molar refractivity (Wildman–Crippen MR) is 82.4 cm³/mol. The molecular weight excluding hydrogens is 250 g/mol. The number of hydrogen-bond acceptors (Lipinski definition) is 2. The van der Waals surface area contributed by atoms with Gasteiger partial charge in [-0.3, -0.25) is 4.79 Å². The van der Waals surface area contributed by atoms with E-state index in [1.54, 1.807) is 4.90 Å². The fourth-order valence-corrected chi connectivity index (χ4v) is 3.12. The Morgan fingerprint density at radius 2 is 2.00 bits per heavy atom. The molecule has 3 nitrogen and oxygen atoms in total. The van der Waals surface area contributed by atoms with E-state index in [-0.39, 0.29) is 5.54 Å². The smallest absolute Gasteiger partial charge is 0.214 e. The molecule has 3 heteroatoms. The lowest BCUT2D eigenvalue weighted by Gasteiger charge is -2.29. The van der Waals surface area contributed by atoms with Crippen molar-refractivity contribution in [3.8, 4) is 5.75 Å². The third-order valence-electron chi connectivity index (χ3n) is 4.30. The van der Waals surface area contributed by atoms with E-state index >= 15 is 0 Å². The molecule has 0 aromatic heterocycles. The quantitative estimate of drug-likeness (QED) is 0.677. The van der Waals surface area contributed by atoms with Crippen LogP contribution in [0, 0.1) is 13.8 Å². The Hall–Kier alpha value is -1.77. The number of amides is 1. The summed E-state index contributed by atoms with van der Waals surface area (Å²) in [6.45, 7) is 13.9. The molecule has 1 heterocycles. The lowest BCUT2D eigenvalue weighted by molar-refractivity contribution is -0.108. The molecule has 1 aliphatic heterocycles. The average molecular weight is 273 g/mol. The molecule has 1 amide bonds. The molecule has 0 fully saturated rings. The van der Waals surface area contributed by atoms with Gasteiger partial charge in [-0.2, -0.15) is 0 Å². The number of benzene rings is 1. The van der Waals surface area contributed by atoms with Crippen LogP contribution < -0.4 is 4.90 Å². The summed E-state index contributed by atoms with van der Waals surface area (Å²) in [4.78, 5) is 13.3. The van der Waals surface area contributed by atoms with Crippen molar-refractivity contribution in [1.29, 1.82) is 0 Å². The summed E-state index contributed by atoms with van der Waals surface area (Å²) >= 11 is 0. The second-order valence-electron chi connectivity index (χ2n) is 6.50. The van der Waals surface area contributed by atoms with Crippen LogP contribution in [0.25, 0.3) is 0 Å². The molecule has 1 aromatic rings. The third kappa shape index (κ3) is 2.01. The summed E-state index contributed by atoms with van der Waals surface area (Å²) in [6.07, 6.45) is 2.32. The minimum absolute atomic E-state index is 0.251. The highest BCUT2D eigenvalue weighted by molar-refractivity contribution is 5.86. The number of carbonyl (C=O) groups excluding carboxylic acids is 1. The van der Waals surface area contributed by atoms with Gasteiger partial charge in [0.15, 0.2) is 0 Å². The van der Waals surface area contributed by atoms with Crippen molar-refractivity contribution in [1.82, 2.24) is 0 Å². The minimum Gasteiger partial charge on any atom is -0.507 e. The van der Waals surface area contributed by atoms with Gasteiger partial charge in [0.25, 0.3) is 0 Å². The Balaban J connectivity index is 2.77. The van der Waals surface area contributed by atoms with Gasteiger partial charge in [-0.05, 0) is 64.2 Å². The van der Waals surface area contributed by atoms with E-state index in [1.807, 2.05) is 20.8 Å². The summed E-state index contributed by atoms with van der Waals surface area (Å²) in [7, 11) is 0. The van der Waals surface area contributed by atoms with Gasteiger partial charge in [0.2, 0.25) is 6.41 Å².